The normalized spacial score (nSPS) is 14.1. The number of hydrogen-bond donors (Lipinski definition) is 1. The highest BCUT2D eigenvalue weighted by Crippen LogP contribution is 2.14. The van der Waals surface area contributed by atoms with Gasteiger partial charge in [0, 0.05) is 6.26 Å². The third-order valence-corrected chi connectivity index (χ3v) is 2.75. The predicted molar refractivity (Wildman–Crippen MR) is 54.8 cm³/mol. The minimum absolute atomic E-state index is 0.0638. The van der Waals surface area contributed by atoms with Gasteiger partial charge in [-0.2, -0.15) is 0 Å². The standard InChI is InChI=1S/C9H15NO3S/c1-3-10-8(7-14(2,11)12)9-5-4-6-13-9/h4-6,8,10H,3,7H2,1-2H3. The first kappa shape index (κ1) is 11.3. The number of rotatable bonds is 5. The van der Waals surface area contributed by atoms with E-state index in [9.17, 15) is 8.42 Å². The van der Waals surface area contributed by atoms with E-state index < -0.39 is 9.84 Å². The van der Waals surface area contributed by atoms with E-state index >= 15 is 0 Å². The van der Waals surface area contributed by atoms with Gasteiger partial charge in [-0.05, 0) is 18.7 Å². The summed E-state index contributed by atoms with van der Waals surface area (Å²) in [4.78, 5) is 0. The van der Waals surface area contributed by atoms with Crippen molar-refractivity contribution in [3.05, 3.63) is 24.2 Å². The molecule has 0 amide bonds. The molecule has 80 valence electrons. The topological polar surface area (TPSA) is 59.3 Å². The molecule has 0 aromatic carbocycles. The van der Waals surface area contributed by atoms with E-state index in [0.717, 1.165) is 0 Å². The molecule has 1 aromatic rings. The lowest BCUT2D eigenvalue weighted by molar-refractivity contribution is 0.436. The average Bonchev–Trinajstić information content (AvgIpc) is 2.52. The Morgan fingerprint density at radius 3 is 2.71 bits per heavy atom. The fraction of sp³-hybridized carbons (Fsp3) is 0.556. The number of sulfone groups is 1. The molecule has 0 aliphatic carbocycles. The van der Waals surface area contributed by atoms with E-state index in [4.69, 9.17) is 4.42 Å². The second-order valence-corrected chi connectivity index (χ2v) is 5.40. The van der Waals surface area contributed by atoms with Crippen molar-refractivity contribution < 1.29 is 12.8 Å². The first-order chi connectivity index (χ1) is 6.53. The second kappa shape index (κ2) is 4.61. The number of hydrogen-bond acceptors (Lipinski definition) is 4. The Morgan fingerprint density at radius 2 is 2.29 bits per heavy atom. The Hall–Kier alpha value is -0.810. The van der Waals surface area contributed by atoms with Crippen LogP contribution in [0.25, 0.3) is 0 Å². The van der Waals surface area contributed by atoms with Crippen LogP contribution < -0.4 is 5.32 Å². The van der Waals surface area contributed by atoms with Gasteiger partial charge in [0.15, 0.2) is 0 Å². The first-order valence-corrected chi connectivity index (χ1v) is 6.53. The molecule has 5 heteroatoms. The molecule has 1 N–H and O–H groups in total. The van der Waals surface area contributed by atoms with Crippen LogP contribution in [0.15, 0.2) is 22.8 Å². The number of nitrogens with one attached hydrogen (secondary N) is 1. The van der Waals surface area contributed by atoms with Crippen molar-refractivity contribution in [2.24, 2.45) is 0 Å². The summed E-state index contributed by atoms with van der Waals surface area (Å²) in [6, 6.07) is 3.28. The fourth-order valence-electron chi connectivity index (χ4n) is 1.28. The fourth-order valence-corrected chi connectivity index (χ4v) is 2.17. The molecule has 0 fully saturated rings. The molecule has 0 saturated carbocycles. The van der Waals surface area contributed by atoms with Crippen LogP contribution in [0.1, 0.15) is 18.7 Å². The van der Waals surface area contributed by atoms with Gasteiger partial charge in [-0.1, -0.05) is 6.92 Å². The predicted octanol–water partition coefficient (Wildman–Crippen LogP) is 0.975. The minimum Gasteiger partial charge on any atom is -0.468 e. The maximum atomic E-state index is 11.1. The summed E-state index contributed by atoms with van der Waals surface area (Å²) < 4.78 is 27.4. The smallest absolute Gasteiger partial charge is 0.149 e. The summed E-state index contributed by atoms with van der Waals surface area (Å²) in [5.74, 6) is 0.728. The molecule has 0 bridgehead atoms. The first-order valence-electron chi connectivity index (χ1n) is 4.47. The van der Waals surface area contributed by atoms with Crippen molar-refractivity contribution in [2.45, 2.75) is 13.0 Å². The van der Waals surface area contributed by atoms with Crippen molar-refractivity contribution in [1.82, 2.24) is 5.32 Å². The van der Waals surface area contributed by atoms with Gasteiger partial charge in [0.05, 0.1) is 18.1 Å². The van der Waals surface area contributed by atoms with E-state index in [-0.39, 0.29) is 11.8 Å². The number of furan rings is 1. The van der Waals surface area contributed by atoms with Crippen LogP contribution in [0.3, 0.4) is 0 Å². The maximum Gasteiger partial charge on any atom is 0.149 e. The summed E-state index contributed by atoms with van der Waals surface area (Å²) in [7, 11) is -2.99. The van der Waals surface area contributed by atoms with Crippen LogP contribution in [-0.4, -0.2) is 27.0 Å². The van der Waals surface area contributed by atoms with Crippen LogP contribution in [-0.2, 0) is 9.84 Å². The van der Waals surface area contributed by atoms with Gasteiger partial charge in [-0.15, -0.1) is 0 Å². The van der Waals surface area contributed by atoms with Gasteiger partial charge in [-0.3, -0.25) is 0 Å². The molecular weight excluding hydrogens is 202 g/mol. The van der Waals surface area contributed by atoms with Crippen LogP contribution >= 0.6 is 0 Å². The molecule has 1 heterocycles. The van der Waals surface area contributed by atoms with Crippen LogP contribution in [0.2, 0.25) is 0 Å². The highest BCUT2D eigenvalue weighted by atomic mass is 32.2. The molecule has 1 atom stereocenters. The lowest BCUT2D eigenvalue weighted by Crippen LogP contribution is -2.27. The molecule has 1 aromatic heterocycles. The second-order valence-electron chi connectivity index (χ2n) is 3.22. The summed E-state index contributed by atoms with van der Waals surface area (Å²) in [5, 5.41) is 3.07. The van der Waals surface area contributed by atoms with Crippen molar-refractivity contribution in [2.75, 3.05) is 18.6 Å². The molecule has 0 aliphatic heterocycles. The maximum absolute atomic E-state index is 11.1. The largest absolute Gasteiger partial charge is 0.468 e. The third-order valence-electron chi connectivity index (χ3n) is 1.81. The molecule has 14 heavy (non-hydrogen) atoms. The Bertz CT molecular complexity index is 355. The summed E-state index contributed by atoms with van der Waals surface area (Å²) in [6.07, 6.45) is 2.77. The van der Waals surface area contributed by atoms with Crippen LogP contribution in [0.4, 0.5) is 0 Å². The van der Waals surface area contributed by atoms with Gasteiger partial charge < -0.3 is 9.73 Å². The molecule has 0 radical (unpaired) electrons. The van der Waals surface area contributed by atoms with Crippen LogP contribution in [0, 0.1) is 0 Å². The van der Waals surface area contributed by atoms with Crippen LogP contribution in [0.5, 0.6) is 0 Å². The van der Waals surface area contributed by atoms with E-state index in [1.807, 2.05) is 6.92 Å². The van der Waals surface area contributed by atoms with Crippen molar-refractivity contribution in [3.63, 3.8) is 0 Å². The van der Waals surface area contributed by atoms with Crippen molar-refractivity contribution >= 4 is 9.84 Å². The summed E-state index contributed by atoms with van der Waals surface area (Å²) >= 11 is 0. The molecule has 4 nitrogen and oxygen atoms in total. The van der Waals surface area contributed by atoms with Gasteiger partial charge >= 0.3 is 0 Å². The van der Waals surface area contributed by atoms with Crippen molar-refractivity contribution in [3.8, 4) is 0 Å². The summed E-state index contributed by atoms with van der Waals surface area (Å²) in [5.41, 5.74) is 0. The van der Waals surface area contributed by atoms with E-state index in [1.54, 1.807) is 18.4 Å². The highest BCUT2D eigenvalue weighted by molar-refractivity contribution is 7.90. The van der Waals surface area contributed by atoms with Gasteiger partial charge in [0.1, 0.15) is 15.6 Å². The van der Waals surface area contributed by atoms with Crippen molar-refractivity contribution in [1.29, 1.82) is 0 Å². The summed E-state index contributed by atoms with van der Waals surface area (Å²) in [6.45, 7) is 2.64. The zero-order valence-corrected chi connectivity index (χ0v) is 9.17. The highest BCUT2D eigenvalue weighted by Gasteiger charge is 2.18. The Kier molecular flexibility index (Phi) is 3.71. The molecule has 0 spiro atoms. The average molecular weight is 217 g/mol. The SMILES string of the molecule is CCNC(CS(C)(=O)=O)c1ccco1. The lowest BCUT2D eigenvalue weighted by atomic mass is 10.2. The lowest BCUT2D eigenvalue weighted by Gasteiger charge is -2.13. The van der Waals surface area contributed by atoms with E-state index in [2.05, 4.69) is 5.32 Å². The quantitative estimate of drug-likeness (QED) is 0.798. The van der Waals surface area contributed by atoms with Gasteiger partial charge in [-0.25, -0.2) is 8.42 Å². The minimum atomic E-state index is -2.99. The van der Waals surface area contributed by atoms with E-state index in [1.165, 1.54) is 6.26 Å². The molecule has 1 unspecified atom stereocenters. The zero-order valence-electron chi connectivity index (χ0n) is 8.36. The monoisotopic (exact) mass is 217 g/mol. The zero-order chi connectivity index (χ0) is 10.6. The van der Waals surface area contributed by atoms with Gasteiger partial charge in [0.2, 0.25) is 0 Å². The molecule has 0 saturated heterocycles. The molecule has 1 rings (SSSR count). The molecule has 0 aliphatic rings. The Morgan fingerprint density at radius 1 is 1.57 bits per heavy atom. The van der Waals surface area contributed by atoms with E-state index in [0.29, 0.717) is 12.3 Å². The Balaban J connectivity index is 2.75. The van der Waals surface area contributed by atoms with Gasteiger partial charge in [0.25, 0.3) is 0 Å². The Labute approximate surface area is 84.2 Å². The molecular formula is C9H15NO3S. The third kappa shape index (κ3) is 3.51.